The van der Waals surface area contributed by atoms with Crippen LogP contribution < -0.4 is 0 Å². The highest BCUT2D eigenvalue weighted by atomic mass is 15.1. The molecule has 9 heavy (non-hydrogen) atoms. The van der Waals surface area contributed by atoms with Crippen LogP contribution in [0.3, 0.4) is 0 Å². The maximum absolute atomic E-state index is 2.30. The molecule has 1 rings (SSSR count). The lowest BCUT2D eigenvalue weighted by Gasteiger charge is -2.14. The second kappa shape index (κ2) is 3.21. The van der Waals surface area contributed by atoms with Crippen molar-refractivity contribution >= 4 is 0 Å². The lowest BCUT2D eigenvalue weighted by atomic mass is 10.1. The minimum Gasteiger partial charge on any atom is -0.309 e. The van der Waals surface area contributed by atoms with Crippen LogP contribution in [0.25, 0.3) is 0 Å². The summed E-state index contributed by atoms with van der Waals surface area (Å²) < 4.78 is 0. The van der Waals surface area contributed by atoms with Crippen molar-refractivity contribution in [2.45, 2.75) is 25.7 Å². The first-order valence-corrected chi connectivity index (χ1v) is 3.94. The van der Waals surface area contributed by atoms with E-state index in [2.05, 4.69) is 19.0 Å². The molecule has 0 heterocycles. The van der Waals surface area contributed by atoms with Crippen molar-refractivity contribution in [3.8, 4) is 0 Å². The van der Waals surface area contributed by atoms with E-state index < -0.39 is 0 Å². The van der Waals surface area contributed by atoms with Crippen molar-refractivity contribution in [2.75, 3.05) is 20.6 Å². The molecule has 0 amide bonds. The molecule has 0 aliphatic heterocycles. The zero-order valence-electron chi connectivity index (χ0n) is 6.56. The van der Waals surface area contributed by atoms with E-state index in [1.807, 2.05) is 0 Å². The number of hydrogen-bond acceptors (Lipinski definition) is 1. The van der Waals surface area contributed by atoms with Crippen LogP contribution in [0.2, 0.25) is 0 Å². The molecule has 1 nitrogen and oxygen atoms in total. The van der Waals surface area contributed by atoms with Crippen LogP contribution in [-0.2, 0) is 0 Å². The minimum absolute atomic E-state index is 1.01. The van der Waals surface area contributed by atoms with Gasteiger partial charge in [0.15, 0.2) is 0 Å². The highest BCUT2D eigenvalue weighted by Gasteiger charge is 2.14. The molecule has 0 spiro atoms. The van der Waals surface area contributed by atoms with Gasteiger partial charge in [0.2, 0.25) is 0 Å². The van der Waals surface area contributed by atoms with E-state index >= 15 is 0 Å². The molecule has 1 fully saturated rings. The first kappa shape index (κ1) is 7.07. The molecule has 1 aliphatic carbocycles. The fourth-order valence-electron chi connectivity index (χ4n) is 1.71. The van der Waals surface area contributed by atoms with Gasteiger partial charge in [0.25, 0.3) is 0 Å². The lowest BCUT2D eigenvalue weighted by Crippen LogP contribution is -2.19. The van der Waals surface area contributed by atoms with Gasteiger partial charge in [0.1, 0.15) is 0 Å². The highest BCUT2D eigenvalue weighted by molar-refractivity contribution is 4.68. The zero-order valence-corrected chi connectivity index (χ0v) is 6.56. The van der Waals surface area contributed by atoms with Gasteiger partial charge in [-0.25, -0.2) is 0 Å². The fourth-order valence-corrected chi connectivity index (χ4v) is 1.71. The molecule has 0 aromatic heterocycles. The molecule has 1 heteroatoms. The second-order valence-electron chi connectivity index (χ2n) is 3.41. The summed E-state index contributed by atoms with van der Waals surface area (Å²) in [7, 11) is 4.33. The summed E-state index contributed by atoms with van der Waals surface area (Å²) in [6, 6.07) is 0. The maximum atomic E-state index is 2.30. The summed E-state index contributed by atoms with van der Waals surface area (Å²) in [5.74, 6) is 1.01. The van der Waals surface area contributed by atoms with E-state index in [1.54, 1.807) is 0 Å². The normalized spacial score (nSPS) is 21.7. The number of hydrogen-bond donors (Lipinski definition) is 0. The average Bonchev–Trinajstić information content (AvgIpc) is 2.15. The summed E-state index contributed by atoms with van der Waals surface area (Å²) in [4.78, 5) is 2.30. The smallest absolute Gasteiger partial charge is 0.000356 e. The van der Waals surface area contributed by atoms with E-state index in [4.69, 9.17) is 0 Å². The van der Waals surface area contributed by atoms with Crippen molar-refractivity contribution in [3.05, 3.63) is 0 Å². The average molecular weight is 127 g/mol. The molecule has 0 saturated heterocycles. The van der Waals surface area contributed by atoms with E-state index in [0.29, 0.717) is 0 Å². The van der Waals surface area contributed by atoms with Gasteiger partial charge in [-0.2, -0.15) is 0 Å². The van der Waals surface area contributed by atoms with Crippen LogP contribution in [0, 0.1) is 5.92 Å². The molecular formula is C8H17N. The lowest BCUT2D eigenvalue weighted by molar-refractivity contribution is 0.328. The Hall–Kier alpha value is -0.0400. The first-order chi connectivity index (χ1) is 4.29. The third-order valence-electron chi connectivity index (χ3n) is 2.10. The largest absolute Gasteiger partial charge is 0.309 e. The standard InChI is InChI=1S/C8H17N/c1-9(2)7-8-5-3-4-6-8/h8H,3-7H2,1-2H3. The predicted molar refractivity (Wildman–Crippen MR) is 40.5 cm³/mol. The van der Waals surface area contributed by atoms with Gasteiger partial charge in [-0.3, -0.25) is 0 Å². The van der Waals surface area contributed by atoms with E-state index in [0.717, 1.165) is 5.92 Å². The van der Waals surface area contributed by atoms with Gasteiger partial charge >= 0.3 is 0 Å². The second-order valence-corrected chi connectivity index (χ2v) is 3.41. The summed E-state index contributed by atoms with van der Waals surface area (Å²) in [5, 5.41) is 0. The third kappa shape index (κ3) is 2.35. The summed E-state index contributed by atoms with van der Waals surface area (Å²) in [6.45, 7) is 1.31. The maximum Gasteiger partial charge on any atom is 0.000356 e. The zero-order chi connectivity index (χ0) is 6.69. The van der Waals surface area contributed by atoms with Crippen LogP contribution >= 0.6 is 0 Å². The van der Waals surface area contributed by atoms with Gasteiger partial charge in [-0.05, 0) is 32.9 Å². The molecule has 0 aromatic carbocycles. The van der Waals surface area contributed by atoms with Crippen molar-refractivity contribution in [1.82, 2.24) is 4.90 Å². The molecule has 1 aliphatic rings. The first-order valence-electron chi connectivity index (χ1n) is 3.94. The summed E-state index contributed by atoms with van der Waals surface area (Å²) in [5.41, 5.74) is 0. The predicted octanol–water partition coefficient (Wildman–Crippen LogP) is 1.74. The summed E-state index contributed by atoms with van der Waals surface area (Å²) in [6.07, 6.45) is 5.88. The van der Waals surface area contributed by atoms with Crippen molar-refractivity contribution < 1.29 is 0 Å². The molecule has 0 N–H and O–H groups in total. The molecule has 1 saturated carbocycles. The Morgan fingerprint density at radius 2 is 1.78 bits per heavy atom. The Balaban J connectivity index is 2.11. The van der Waals surface area contributed by atoms with Crippen LogP contribution in [0.15, 0.2) is 0 Å². The van der Waals surface area contributed by atoms with E-state index in [9.17, 15) is 0 Å². The Kier molecular flexibility index (Phi) is 2.52. The van der Waals surface area contributed by atoms with Crippen LogP contribution in [0.4, 0.5) is 0 Å². The number of rotatable bonds is 2. The van der Waals surface area contributed by atoms with Crippen molar-refractivity contribution in [3.63, 3.8) is 0 Å². The van der Waals surface area contributed by atoms with Gasteiger partial charge in [-0.1, -0.05) is 12.8 Å². The molecule has 54 valence electrons. The Morgan fingerprint density at radius 3 is 2.22 bits per heavy atom. The monoisotopic (exact) mass is 127 g/mol. The molecule has 0 radical (unpaired) electrons. The minimum atomic E-state index is 1.01. The molecular weight excluding hydrogens is 110 g/mol. The van der Waals surface area contributed by atoms with Gasteiger partial charge < -0.3 is 4.90 Å². The Bertz CT molecular complexity index is 72.6. The van der Waals surface area contributed by atoms with Crippen molar-refractivity contribution in [1.29, 1.82) is 0 Å². The van der Waals surface area contributed by atoms with Gasteiger partial charge in [0.05, 0.1) is 0 Å². The molecule has 0 aromatic rings. The summed E-state index contributed by atoms with van der Waals surface area (Å²) >= 11 is 0. The van der Waals surface area contributed by atoms with Gasteiger partial charge in [0, 0.05) is 6.54 Å². The SMILES string of the molecule is CN(C)CC1CCCC1. The topological polar surface area (TPSA) is 3.24 Å². The molecule has 0 atom stereocenters. The number of nitrogens with zero attached hydrogens (tertiary/aromatic N) is 1. The van der Waals surface area contributed by atoms with Crippen LogP contribution in [-0.4, -0.2) is 25.5 Å². The van der Waals surface area contributed by atoms with E-state index in [-0.39, 0.29) is 0 Å². The quantitative estimate of drug-likeness (QED) is 0.546. The highest BCUT2D eigenvalue weighted by Crippen LogP contribution is 2.24. The van der Waals surface area contributed by atoms with Gasteiger partial charge in [-0.15, -0.1) is 0 Å². The Morgan fingerprint density at radius 1 is 1.22 bits per heavy atom. The third-order valence-corrected chi connectivity index (χ3v) is 2.10. The molecule has 0 unspecified atom stereocenters. The van der Waals surface area contributed by atoms with E-state index in [1.165, 1.54) is 32.2 Å². The van der Waals surface area contributed by atoms with Crippen molar-refractivity contribution in [2.24, 2.45) is 5.92 Å². The Labute approximate surface area is 58.0 Å². The fraction of sp³-hybridized carbons (Fsp3) is 1.00. The van der Waals surface area contributed by atoms with Crippen LogP contribution in [0.5, 0.6) is 0 Å². The van der Waals surface area contributed by atoms with Crippen LogP contribution in [0.1, 0.15) is 25.7 Å². The molecule has 0 bridgehead atoms.